The number of hydrogen-bond acceptors (Lipinski definition) is 3. The Bertz CT molecular complexity index is 398. The van der Waals surface area contributed by atoms with E-state index in [9.17, 15) is 9.59 Å². The summed E-state index contributed by atoms with van der Waals surface area (Å²) in [6, 6.07) is 6.90. The molecule has 0 heterocycles. The third-order valence-electron chi connectivity index (χ3n) is 2.60. The Morgan fingerprint density at radius 1 is 1.29 bits per heavy atom. The van der Waals surface area contributed by atoms with Crippen LogP contribution < -0.4 is 5.32 Å². The monoisotopic (exact) mass is 235 g/mol. The number of ketones is 1. The molecule has 0 saturated heterocycles. The lowest BCUT2D eigenvalue weighted by molar-refractivity contribution is -0.136. The van der Waals surface area contributed by atoms with Gasteiger partial charge in [-0.05, 0) is 18.9 Å². The van der Waals surface area contributed by atoms with Gasteiger partial charge in [-0.15, -0.1) is 0 Å². The van der Waals surface area contributed by atoms with Crippen LogP contribution in [0.5, 0.6) is 0 Å². The van der Waals surface area contributed by atoms with Gasteiger partial charge in [0.2, 0.25) is 0 Å². The van der Waals surface area contributed by atoms with E-state index < -0.39 is 12.0 Å². The predicted octanol–water partition coefficient (Wildman–Crippen LogP) is 1.49. The minimum atomic E-state index is -0.967. The van der Waals surface area contributed by atoms with Crippen molar-refractivity contribution in [2.24, 2.45) is 0 Å². The van der Waals surface area contributed by atoms with Crippen LogP contribution in [0.15, 0.2) is 24.3 Å². The average Bonchev–Trinajstić information content (AvgIpc) is 2.35. The van der Waals surface area contributed by atoms with E-state index in [0.29, 0.717) is 5.56 Å². The van der Waals surface area contributed by atoms with Gasteiger partial charge in [0.1, 0.15) is 0 Å². The van der Waals surface area contributed by atoms with Crippen molar-refractivity contribution in [1.82, 2.24) is 5.32 Å². The molecule has 4 heteroatoms. The van der Waals surface area contributed by atoms with E-state index in [1.165, 1.54) is 5.56 Å². The first kappa shape index (κ1) is 13.4. The third-order valence-corrected chi connectivity index (χ3v) is 2.60. The summed E-state index contributed by atoms with van der Waals surface area (Å²) < 4.78 is 0. The first-order chi connectivity index (χ1) is 8.04. The Hall–Kier alpha value is -1.68. The highest BCUT2D eigenvalue weighted by atomic mass is 16.4. The lowest BCUT2D eigenvalue weighted by Crippen LogP contribution is -2.37. The van der Waals surface area contributed by atoms with Gasteiger partial charge in [-0.1, -0.05) is 31.2 Å². The largest absolute Gasteiger partial charge is 0.480 e. The normalized spacial score (nSPS) is 12.1. The number of nitrogens with one attached hydrogen (secondary N) is 1. The fourth-order valence-electron chi connectivity index (χ4n) is 1.49. The zero-order valence-electron chi connectivity index (χ0n) is 10.1. The van der Waals surface area contributed by atoms with Gasteiger partial charge < -0.3 is 5.11 Å². The summed E-state index contributed by atoms with van der Waals surface area (Å²) in [5.74, 6) is -1.06. The first-order valence-electron chi connectivity index (χ1n) is 5.63. The molecule has 0 aliphatic rings. The van der Waals surface area contributed by atoms with E-state index in [1.807, 2.05) is 19.1 Å². The average molecular weight is 235 g/mol. The summed E-state index contributed by atoms with van der Waals surface area (Å²) in [5, 5.41) is 11.2. The minimum absolute atomic E-state index is 0.0890. The lowest BCUT2D eigenvalue weighted by Gasteiger charge is -2.11. The summed E-state index contributed by atoms with van der Waals surface area (Å²) >= 11 is 0. The van der Waals surface area contributed by atoms with E-state index >= 15 is 0 Å². The van der Waals surface area contributed by atoms with Crippen molar-refractivity contribution in [2.75, 3.05) is 6.54 Å². The SMILES string of the molecule is CCc1ccc(C(=O)C(C)NCC(=O)O)cc1. The van der Waals surface area contributed by atoms with Crippen LogP contribution in [-0.2, 0) is 11.2 Å². The molecule has 1 aromatic rings. The van der Waals surface area contributed by atoms with E-state index in [4.69, 9.17) is 5.11 Å². The molecule has 0 amide bonds. The van der Waals surface area contributed by atoms with E-state index in [1.54, 1.807) is 19.1 Å². The number of hydrogen-bond donors (Lipinski definition) is 2. The predicted molar refractivity (Wildman–Crippen MR) is 65.3 cm³/mol. The van der Waals surface area contributed by atoms with Crippen LogP contribution in [0, 0.1) is 0 Å². The molecule has 1 unspecified atom stereocenters. The molecule has 0 bridgehead atoms. The lowest BCUT2D eigenvalue weighted by atomic mass is 10.0. The topological polar surface area (TPSA) is 66.4 Å². The molecular formula is C13H17NO3. The summed E-state index contributed by atoms with van der Waals surface area (Å²) in [5.41, 5.74) is 1.78. The molecule has 92 valence electrons. The van der Waals surface area contributed by atoms with Crippen LogP contribution >= 0.6 is 0 Å². The van der Waals surface area contributed by atoms with Gasteiger partial charge >= 0.3 is 5.97 Å². The molecule has 0 saturated carbocycles. The molecule has 0 aliphatic carbocycles. The van der Waals surface area contributed by atoms with Gasteiger partial charge in [0.05, 0.1) is 12.6 Å². The minimum Gasteiger partial charge on any atom is -0.480 e. The summed E-state index contributed by atoms with van der Waals surface area (Å²) in [4.78, 5) is 22.3. The maximum Gasteiger partial charge on any atom is 0.317 e. The van der Waals surface area contributed by atoms with Crippen LogP contribution in [0.2, 0.25) is 0 Å². The summed E-state index contributed by atoms with van der Waals surface area (Å²) in [7, 11) is 0. The zero-order valence-corrected chi connectivity index (χ0v) is 10.1. The molecule has 17 heavy (non-hydrogen) atoms. The van der Waals surface area contributed by atoms with Crippen molar-refractivity contribution < 1.29 is 14.7 Å². The van der Waals surface area contributed by atoms with E-state index in [0.717, 1.165) is 6.42 Å². The van der Waals surface area contributed by atoms with Gasteiger partial charge in [0, 0.05) is 5.56 Å². The number of rotatable bonds is 6. The van der Waals surface area contributed by atoms with Crippen LogP contribution in [-0.4, -0.2) is 29.4 Å². The fourth-order valence-corrected chi connectivity index (χ4v) is 1.49. The highest BCUT2D eigenvalue weighted by Crippen LogP contribution is 2.07. The maximum atomic E-state index is 11.9. The number of carboxylic acid groups (broad SMARTS) is 1. The van der Waals surface area contributed by atoms with Crippen molar-refractivity contribution in [2.45, 2.75) is 26.3 Å². The number of carbonyl (C=O) groups excluding carboxylic acids is 1. The summed E-state index contributed by atoms with van der Waals surface area (Å²) in [6.07, 6.45) is 0.932. The fraction of sp³-hybridized carbons (Fsp3) is 0.385. The van der Waals surface area contributed by atoms with Gasteiger partial charge in [-0.25, -0.2) is 0 Å². The molecule has 0 fully saturated rings. The maximum absolute atomic E-state index is 11.9. The van der Waals surface area contributed by atoms with Crippen LogP contribution in [0.3, 0.4) is 0 Å². The molecule has 0 spiro atoms. The second-order valence-corrected chi connectivity index (χ2v) is 3.91. The highest BCUT2D eigenvalue weighted by Gasteiger charge is 2.15. The Kier molecular flexibility index (Phi) is 4.84. The van der Waals surface area contributed by atoms with Crippen molar-refractivity contribution >= 4 is 11.8 Å². The molecule has 4 nitrogen and oxygen atoms in total. The Labute approximate surface area is 101 Å². The molecule has 0 radical (unpaired) electrons. The first-order valence-corrected chi connectivity index (χ1v) is 5.63. The molecule has 1 atom stereocenters. The van der Waals surface area contributed by atoms with Gasteiger partial charge in [-0.3, -0.25) is 14.9 Å². The smallest absolute Gasteiger partial charge is 0.317 e. The second-order valence-electron chi connectivity index (χ2n) is 3.91. The van der Waals surface area contributed by atoms with Crippen molar-refractivity contribution in [3.63, 3.8) is 0 Å². The van der Waals surface area contributed by atoms with E-state index in [-0.39, 0.29) is 12.3 Å². The number of carboxylic acids is 1. The molecule has 1 aromatic carbocycles. The van der Waals surface area contributed by atoms with Crippen LogP contribution in [0.4, 0.5) is 0 Å². The van der Waals surface area contributed by atoms with Crippen molar-refractivity contribution in [1.29, 1.82) is 0 Å². The highest BCUT2D eigenvalue weighted by molar-refractivity contribution is 6.00. The summed E-state index contributed by atoms with van der Waals surface area (Å²) in [6.45, 7) is 3.51. The number of benzene rings is 1. The Balaban J connectivity index is 2.64. The molecule has 0 aliphatic heterocycles. The molecular weight excluding hydrogens is 218 g/mol. The standard InChI is InChI=1S/C13H17NO3/c1-3-10-4-6-11(7-5-10)13(17)9(2)14-8-12(15)16/h4-7,9,14H,3,8H2,1-2H3,(H,15,16). The van der Waals surface area contributed by atoms with Gasteiger partial charge in [0.15, 0.2) is 5.78 Å². The molecule has 2 N–H and O–H groups in total. The van der Waals surface area contributed by atoms with Crippen LogP contribution in [0.1, 0.15) is 29.8 Å². The van der Waals surface area contributed by atoms with E-state index in [2.05, 4.69) is 5.32 Å². The quantitative estimate of drug-likeness (QED) is 0.733. The number of aryl methyl sites for hydroxylation is 1. The van der Waals surface area contributed by atoms with Gasteiger partial charge in [-0.2, -0.15) is 0 Å². The Morgan fingerprint density at radius 2 is 1.88 bits per heavy atom. The Morgan fingerprint density at radius 3 is 2.35 bits per heavy atom. The molecule has 0 aromatic heterocycles. The zero-order chi connectivity index (χ0) is 12.8. The number of carbonyl (C=O) groups is 2. The number of Topliss-reactive ketones (excluding diaryl/α,β-unsaturated/α-hetero) is 1. The van der Waals surface area contributed by atoms with Gasteiger partial charge in [0.25, 0.3) is 0 Å². The van der Waals surface area contributed by atoms with Crippen molar-refractivity contribution in [3.05, 3.63) is 35.4 Å². The van der Waals surface area contributed by atoms with Crippen LogP contribution in [0.25, 0.3) is 0 Å². The second kappa shape index (κ2) is 6.15. The molecule has 1 rings (SSSR count). The van der Waals surface area contributed by atoms with Crippen molar-refractivity contribution in [3.8, 4) is 0 Å². The number of aliphatic carboxylic acids is 1. The third kappa shape index (κ3) is 4.00.